The molecule has 1 fully saturated rings. The molecule has 2 aromatic rings. The van der Waals surface area contributed by atoms with E-state index in [0.717, 1.165) is 35.8 Å². The van der Waals surface area contributed by atoms with Crippen LogP contribution in [-0.2, 0) is 0 Å². The van der Waals surface area contributed by atoms with Gasteiger partial charge in [0.05, 0.1) is 16.7 Å². The first kappa shape index (κ1) is 14.1. The number of carbonyl (C=O) groups excluding carboxylic acids is 1. The standard InChI is InChI=1S/C15H20N4OS/c1-9-6-7-13(21-9)16-15(20)19-8-4-5-12(19)14-10(2)17-18-11(14)3/h6-7,12H,4-5,8H2,1-3H3,(H,16,20)(H,17,18)/t12-/m1/s1. The molecule has 3 rings (SSSR count). The Morgan fingerprint density at radius 1 is 1.43 bits per heavy atom. The maximum atomic E-state index is 12.5. The van der Waals surface area contributed by atoms with Crippen LogP contribution in [0.5, 0.6) is 0 Å². The summed E-state index contributed by atoms with van der Waals surface area (Å²) < 4.78 is 0. The second-order valence-corrected chi connectivity index (χ2v) is 6.83. The first-order valence-electron chi connectivity index (χ1n) is 7.22. The molecule has 2 N–H and O–H groups in total. The third kappa shape index (κ3) is 2.68. The van der Waals surface area contributed by atoms with E-state index in [0.29, 0.717) is 0 Å². The normalized spacial score (nSPS) is 18.2. The van der Waals surface area contributed by atoms with E-state index in [9.17, 15) is 4.79 Å². The number of nitrogens with zero attached hydrogens (tertiary/aromatic N) is 2. The Balaban J connectivity index is 1.79. The Bertz CT molecular complexity index is 641. The van der Waals surface area contributed by atoms with E-state index < -0.39 is 0 Å². The number of rotatable bonds is 2. The predicted octanol–water partition coefficient (Wildman–Crippen LogP) is 3.77. The van der Waals surface area contributed by atoms with Crippen molar-refractivity contribution in [2.75, 3.05) is 11.9 Å². The van der Waals surface area contributed by atoms with Crippen molar-refractivity contribution in [3.8, 4) is 0 Å². The van der Waals surface area contributed by atoms with Crippen molar-refractivity contribution in [2.45, 2.75) is 39.7 Å². The molecule has 2 aromatic heterocycles. The van der Waals surface area contributed by atoms with Crippen molar-refractivity contribution in [1.29, 1.82) is 0 Å². The quantitative estimate of drug-likeness (QED) is 0.887. The Kier molecular flexibility index (Phi) is 3.71. The van der Waals surface area contributed by atoms with Gasteiger partial charge in [0.15, 0.2) is 0 Å². The van der Waals surface area contributed by atoms with E-state index in [4.69, 9.17) is 0 Å². The second kappa shape index (κ2) is 5.52. The molecular weight excluding hydrogens is 284 g/mol. The molecule has 0 aliphatic carbocycles. The largest absolute Gasteiger partial charge is 0.322 e. The van der Waals surface area contributed by atoms with Crippen molar-refractivity contribution in [3.05, 3.63) is 34.0 Å². The Labute approximate surface area is 128 Å². The fourth-order valence-electron chi connectivity index (χ4n) is 3.04. The minimum Gasteiger partial charge on any atom is -0.317 e. The van der Waals surface area contributed by atoms with Crippen LogP contribution >= 0.6 is 11.3 Å². The molecule has 21 heavy (non-hydrogen) atoms. The topological polar surface area (TPSA) is 61.0 Å². The van der Waals surface area contributed by atoms with Gasteiger partial charge in [-0.3, -0.25) is 10.4 Å². The number of H-pyrrole nitrogens is 1. The van der Waals surface area contributed by atoms with Crippen molar-refractivity contribution >= 4 is 22.4 Å². The molecule has 0 radical (unpaired) electrons. The number of hydrogen-bond acceptors (Lipinski definition) is 3. The number of aryl methyl sites for hydroxylation is 3. The van der Waals surface area contributed by atoms with Crippen LogP contribution in [0.4, 0.5) is 9.80 Å². The summed E-state index contributed by atoms with van der Waals surface area (Å²) in [6, 6.07) is 4.09. The van der Waals surface area contributed by atoms with Crippen LogP contribution in [0.15, 0.2) is 12.1 Å². The van der Waals surface area contributed by atoms with Gasteiger partial charge in [0.1, 0.15) is 0 Å². The lowest BCUT2D eigenvalue weighted by Gasteiger charge is -2.25. The summed E-state index contributed by atoms with van der Waals surface area (Å²) in [7, 11) is 0. The van der Waals surface area contributed by atoms with E-state index >= 15 is 0 Å². The van der Waals surface area contributed by atoms with Crippen LogP contribution in [0.3, 0.4) is 0 Å². The molecule has 5 nitrogen and oxygen atoms in total. The fraction of sp³-hybridized carbons (Fsp3) is 0.467. The summed E-state index contributed by atoms with van der Waals surface area (Å²) in [5.41, 5.74) is 3.22. The highest BCUT2D eigenvalue weighted by atomic mass is 32.1. The zero-order valence-electron chi connectivity index (χ0n) is 12.6. The van der Waals surface area contributed by atoms with Gasteiger partial charge in [0.25, 0.3) is 0 Å². The zero-order chi connectivity index (χ0) is 15.0. The van der Waals surface area contributed by atoms with E-state index in [1.807, 2.05) is 37.8 Å². The summed E-state index contributed by atoms with van der Waals surface area (Å²) >= 11 is 1.60. The summed E-state index contributed by atoms with van der Waals surface area (Å²) in [6.45, 7) is 6.85. The van der Waals surface area contributed by atoms with Gasteiger partial charge in [-0.2, -0.15) is 5.10 Å². The van der Waals surface area contributed by atoms with Crippen LogP contribution in [0.2, 0.25) is 0 Å². The highest BCUT2D eigenvalue weighted by molar-refractivity contribution is 7.16. The molecule has 2 amide bonds. The fourth-order valence-corrected chi connectivity index (χ4v) is 3.80. The molecule has 0 aromatic carbocycles. The zero-order valence-corrected chi connectivity index (χ0v) is 13.4. The van der Waals surface area contributed by atoms with E-state index in [2.05, 4.69) is 15.5 Å². The third-order valence-corrected chi connectivity index (χ3v) is 4.92. The number of urea groups is 1. The van der Waals surface area contributed by atoms with Gasteiger partial charge in [-0.25, -0.2) is 4.79 Å². The number of thiophene rings is 1. The maximum Gasteiger partial charge on any atom is 0.322 e. The molecule has 1 aliphatic rings. The number of aromatic amines is 1. The molecule has 0 spiro atoms. The summed E-state index contributed by atoms with van der Waals surface area (Å²) in [6.07, 6.45) is 2.03. The minimum absolute atomic E-state index is 0.0145. The number of nitrogens with one attached hydrogen (secondary N) is 2. The molecule has 3 heterocycles. The van der Waals surface area contributed by atoms with E-state index in [-0.39, 0.29) is 12.1 Å². The van der Waals surface area contributed by atoms with Crippen LogP contribution in [0.1, 0.15) is 40.7 Å². The summed E-state index contributed by atoms with van der Waals surface area (Å²) in [5.74, 6) is 0. The van der Waals surface area contributed by atoms with Crippen molar-refractivity contribution in [1.82, 2.24) is 15.1 Å². The van der Waals surface area contributed by atoms with Crippen molar-refractivity contribution < 1.29 is 4.79 Å². The van der Waals surface area contributed by atoms with Crippen LogP contribution in [0, 0.1) is 20.8 Å². The van der Waals surface area contributed by atoms with Gasteiger partial charge < -0.3 is 4.90 Å². The Morgan fingerprint density at radius 3 is 2.86 bits per heavy atom. The Hall–Kier alpha value is -1.82. The smallest absolute Gasteiger partial charge is 0.317 e. The second-order valence-electron chi connectivity index (χ2n) is 5.54. The summed E-state index contributed by atoms with van der Waals surface area (Å²) in [4.78, 5) is 15.7. The maximum absolute atomic E-state index is 12.5. The van der Waals surface area contributed by atoms with Gasteiger partial charge in [0.2, 0.25) is 0 Å². The van der Waals surface area contributed by atoms with Crippen molar-refractivity contribution in [3.63, 3.8) is 0 Å². The molecule has 1 saturated heterocycles. The molecule has 6 heteroatoms. The van der Waals surface area contributed by atoms with Crippen LogP contribution in [-0.4, -0.2) is 27.7 Å². The third-order valence-electron chi connectivity index (χ3n) is 4.00. The van der Waals surface area contributed by atoms with Gasteiger partial charge in [-0.1, -0.05) is 0 Å². The molecule has 1 aliphatic heterocycles. The van der Waals surface area contributed by atoms with E-state index in [1.54, 1.807) is 11.3 Å². The first-order valence-corrected chi connectivity index (χ1v) is 8.03. The van der Waals surface area contributed by atoms with Gasteiger partial charge in [-0.15, -0.1) is 11.3 Å². The predicted molar refractivity (Wildman–Crippen MR) is 84.8 cm³/mol. The lowest BCUT2D eigenvalue weighted by molar-refractivity contribution is 0.207. The molecule has 0 saturated carbocycles. The molecule has 1 atom stereocenters. The number of hydrogen-bond donors (Lipinski definition) is 2. The highest BCUT2D eigenvalue weighted by Crippen LogP contribution is 2.35. The minimum atomic E-state index is -0.0145. The highest BCUT2D eigenvalue weighted by Gasteiger charge is 2.33. The Morgan fingerprint density at radius 2 is 2.24 bits per heavy atom. The molecular formula is C15H20N4OS. The average molecular weight is 304 g/mol. The molecule has 0 unspecified atom stereocenters. The van der Waals surface area contributed by atoms with Gasteiger partial charge in [0, 0.05) is 22.7 Å². The van der Waals surface area contributed by atoms with Crippen LogP contribution in [0.25, 0.3) is 0 Å². The average Bonchev–Trinajstić information content (AvgIpc) is 3.12. The number of amides is 2. The van der Waals surface area contributed by atoms with E-state index in [1.165, 1.54) is 10.4 Å². The van der Waals surface area contributed by atoms with Gasteiger partial charge >= 0.3 is 6.03 Å². The monoisotopic (exact) mass is 304 g/mol. The SMILES string of the molecule is Cc1ccc(NC(=O)N2CCC[C@@H]2c2c(C)n[nH]c2C)s1. The lowest BCUT2D eigenvalue weighted by Crippen LogP contribution is -2.34. The molecule has 112 valence electrons. The number of likely N-dealkylation sites (tertiary alicyclic amines) is 1. The van der Waals surface area contributed by atoms with Crippen LogP contribution < -0.4 is 5.32 Å². The van der Waals surface area contributed by atoms with Crippen molar-refractivity contribution in [2.24, 2.45) is 0 Å². The molecule has 0 bridgehead atoms. The lowest BCUT2D eigenvalue weighted by atomic mass is 10.0. The first-order chi connectivity index (χ1) is 10.1. The number of aromatic nitrogens is 2. The number of carbonyl (C=O) groups is 1. The van der Waals surface area contributed by atoms with Gasteiger partial charge in [-0.05, 0) is 45.7 Å². The number of anilines is 1. The summed E-state index contributed by atoms with van der Waals surface area (Å²) in [5, 5.41) is 11.2.